The molecule has 42 heavy (non-hydrogen) atoms. The van der Waals surface area contributed by atoms with Gasteiger partial charge in [0, 0.05) is 55.7 Å². The number of aryl methyl sites for hydroxylation is 1. The number of hydrogen-bond donors (Lipinski definition) is 0. The Morgan fingerprint density at radius 2 is 2.05 bits per heavy atom. The Morgan fingerprint density at radius 3 is 2.76 bits per heavy atom. The maximum Gasteiger partial charge on any atom is 0.258 e. The third-order valence-electron chi connectivity index (χ3n) is 9.39. The number of ether oxygens (including phenoxy) is 1. The predicted octanol–water partition coefficient (Wildman–Crippen LogP) is 2.46. The van der Waals surface area contributed by atoms with Crippen LogP contribution < -0.4 is 4.90 Å². The lowest BCUT2D eigenvalue weighted by atomic mass is 9.57. The summed E-state index contributed by atoms with van der Waals surface area (Å²) >= 11 is 0. The molecular formula is C32H38B2FN5O2. The third-order valence-corrected chi connectivity index (χ3v) is 9.39. The molecule has 6 rings (SSSR count). The van der Waals surface area contributed by atoms with Gasteiger partial charge in [0.1, 0.15) is 27.8 Å². The molecule has 3 heterocycles. The molecule has 1 aliphatic carbocycles. The Morgan fingerprint density at radius 1 is 1.24 bits per heavy atom. The lowest BCUT2D eigenvalue weighted by Gasteiger charge is -2.46. The molecule has 0 N–H and O–H groups in total. The van der Waals surface area contributed by atoms with Gasteiger partial charge in [0.25, 0.3) is 5.91 Å². The molecule has 10 heteroatoms. The topological polar surface area (TPSA) is 63.5 Å². The van der Waals surface area contributed by atoms with Gasteiger partial charge in [0.05, 0.1) is 24.7 Å². The first-order valence-corrected chi connectivity index (χ1v) is 15.0. The van der Waals surface area contributed by atoms with Crippen molar-refractivity contribution in [1.82, 2.24) is 19.7 Å². The quantitative estimate of drug-likeness (QED) is 0.326. The van der Waals surface area contributed by atoms with Crippen LogP contribution in [0.15, 0.2) is 42.7 Å². The van der Waals surface area contributed by atoms with Crippen molar-refractivity contribution in [2.45, 2.75) is 62.7 Å². The molecule has 0 radical (unpaired) electrons. The first-order valence-electron chi connectivity index (χ1n) is 15.0. The second-order valence-electron chi connectivity index (χ2n) is 12.9. The van der Waals surface area contributed by atoms with Crippen molar-refractivity contribution in [2.75, 3.05) is 24.6 Å². The fourth-order valence-electron chi connectivity index (χ4n) is 6.91. The summed E-state index contributed by atoms with van der Waals surface area (Å²) < 4.78 is 23.4. The summed E-state index contributed by atoms with van der Waals surface area (Å²) in [7, 11) is 5.11. The van der Waals surface area contributed by atoms with E-state index in [-0.39, 0.29) is 23.3 Å². The van der Waals surface area contributed by atoms with E-state index in [0.717, 1.165) is 67.0 Å². The van der Waals surface area contributed by atoms with Gasteiger partial charge in [0.15, 0.2) is 0 Å². The normalized spacial score (nSPS) is 24.6. The summed E-state index contributed by atoms with van der Waals surface area (Å²) in [6, 6.07) is 12.2. The molecule has 3 aromatic rings. The van der Waals surface area contributed by atoms with Gasteiger partial charge in [-0.2, -0.15) is 0 Å². The van der Waals surface area contributed by atoms with Crippen LogP contribution >= 0.6 is 0 Å². The van der Waals surface area contributed by atoms with E-state index in [1.165, 1.54) is 0 Å². The highest BCUT2D eigenvalue weighted by Crippen LogP contribution is 2.50. The third kappa shape index (κ3) is 5.41. The number of rotatable bonds is 7. The van der Waals surface area contributed by atoms with E-state index in [0.29, 0.717) is 30.8 Å². The monoisotopic (exact) mass is 565 g/mol. The molecule has 7 nitrogen and oxygen atoms in total. The Hall–Kier alpha value is -3.41. The lowest BCUT2D eigenvalue weighted by Crippen LogP contribution is -2.43. The summed E-state index contributed by atoms with van der Waals surface area (Å²) in [5, 5.41) is 8.41. The molecule has 1 aromatic heterocycles. The van der Waals surface area contributed by atoms with Crippen molar-refractivity contribution < 1.29 is 13.9 Å². The van der Waals surface area contributed by atoms with E-state index in [1.807, 2.05) is 35.9 Å². The summed E-state index contributed by atoms with van der Waals surface area (Å²) in [6.07, 6.45) is 11.1. The van der Waals surface area contributed by atoms with E-state index in [4.69, 9.17) is 11.2 Å². The van der Waals surface area contributed by atoms with Crippen LogP contribution in [0.5, 0.6) is 0 Å². The maximum absolute atomic E-state index is 15.7. The van der Waals surface area contributed by atoms with Crippen LogP contribution in [0.25, 0.3) is 0 Å². The van der Waals surface area contributed by atoms with Crippen molar-refractivity contribution in [2.24, 2.45) is 13.0 Å². The van der Waals surface area contributed by atoms with Gasteiger partial charge in [-0.1, -0.05) is 18.2 Å². The van der Waals surface area contributed by atoms with Gasteiger partial charge in [-0.3, -0.25) is 14.1 Å². The molecule has 0 bridgehead atoms. The standard InChI is InChI=1S/C32H38B2FN5O2/c1-4-22-15-31(16-22,17-29-37-36-20-38(29)3)24-6-5-7-25(14-24)40-19-27-26(30(40)41)12-23(13-28(27)32(33,34)35)18-39-9-8-21(2)42-11-10-39/h1,5-7,12-14,20-22H,8-11,15-19,33-34H2,2-3H3. The molecule has 1 amide bonds. The van der Waals surface area contributed by atoms with Crippen LogP contribution in [-0.2, 0) is 42.2 Å². The van der Waals surface area contributed by atoms with E-state index >= 15 is 4.39 Å². The zero-order valence-electron chi connectivity index (χ0n) is 25.1. The molecule has 216 valence electrons. The van der Waals surface area contributed by atoms with Crippen molar-refractivity contribution >= 4 is 27.3 Å². The minimum absolute atomic E-state index is 0.0835. The van der Waals surface area contributed by atoms with E-state index in [2.05, 4.69) is 40.1 Å². The SMILES string of the molecule is BC(B)(F)c1cc(CN2CCOC(C)CC2)cc2c1CN(c1cccc(C3(Cc4nncn4C)CC(C#C)C3)c1)C2=O. The smallest absolute Gasteiger partial charge is 0.258 e. The molecule has 2 fully saturated rings. The van der Waals surface area contributed by atoms with Gasteiger partial charge in [-0.05, 0) is 66.6 Å². The molecule has 1 unspecified atom stereocenters. The van der Waals surface area contributed by atoms with Gasteiger partial charge < -0.3 is 14.2 Å². The molecule has 2 aromatic carbocycles. The average Bonchev–Trinajstić information content (AvgIpc) is 3.42. The largest absolute Gasteiger partial charge is 0.377 e. The highest BCUT2D eigenvalue weighted by molar-refractivity contribution is 6.39. The Bertz CT molecular complexity index is 1540. The minimum atomic E-state index is -1.58. The second-order valence-corrected chi connectivity index (χ2v) is 12.9. The number of alkyl halides is 1. The average molecular weight is 565 g/mol. The van der Waals surface area contributed by atoms with Gasteiger partial charge in [-0.15, -0.1) is 22.5 Å². The number of anilines is 1. The maximum atomic E-state index is 15.7. The first kappa shape index (κ1) is 28.7. The number of aromatic nitrogens is 3. The summed E-state index contributed by atoms with van der Waals surface area (Å²) in [4.78, 5) is 18.1. The van der Waals surface area contributed by atoms with E-state index < -0.39 is 5.47 Å². The molecular weight excluding hydrogens is 527 g/mol. The zero-order chi connectivity index (χ0) is 29.6. The molecule has 1 atom stereocenters. The number of terminal acetylenes is 1. The zero-order valence-corrected chi connectivity index (χ0v) is 25.1. The van der Waals surface area contributed by atoms with Crippen LogP contribution in [0.4, 0.5) is 10.1 Å². The number of hydrogen-bond acceptors (Lipinski definition) is 5. The minimum Gasteiger partial charge on any atom is -0.377 e. The first-order chi connectivity index (χ1) is 20.1. The number of carbonyl (C=O) groups excluding carboxylic acids is 1. The Balaban J connectivity index is 1.31. The number of nitrogens with zero attached hydrogens (tertiary/aromatic N) is 5. The van der Waals surface area contributed by atoms with Crippen molar-refractivity contribution in [1.29, 1.82) is 0 Å². The summed E-state index contributed by atoms with van der Waals surface area (Å²) in [5.74, 6) is 3.96. The molecule has 0 spiro atoms. The number of carbonyl (C=O) groups is 1. The van der Waals surface area contributed by atoms with E-state index in [9.17, 15) is 4.79 Å². The van der Waals surface area contributed by atoms with Crippen molar-refractivity contribution in [3.8, 4) is 12.3 Å². The van der Waals surface area contributed by atoms with Crippen LogP contribution in [-0.4, -0.2) is 67.1 Å². The van der Waals surface area contributed by atoms with E-state index in [1.54, 1.807) is 26.9 Å². The number of benzene rings is 2. The van der Waals surface area contributed by atoms with Crippen LogP contribution in [0, 0.1) is 18.3 Å². The highest BCUT2D eigenvalue weighted by atomic mass is 19.1. The summed E-state index contributed by atoms with van der Waals surface area (Å²) in [5.41, 5.74) is 3.14. The molecule has 2 aliphatic heterocycles. The molecule has 1 saturated carbocycles. The summed E-state index contributed by atoms with van der Waals surface area (Å²) in [6.45, 7) is 5.52. The van der Waals surface area contributed by atoms with Gasteiger partial charge in [0.2, 0.25) is 0 Å². The van der Waals surface area contributed by atoms with Crippen LogP contribution in [0.2, 0.25) is 0 Å². The lowest BCUT2D eigenvalue weighted by molar-refractivity contribution is 0.0748. The molecule has 1 saturated heterocycles. The predicted molar refractivity (Wildman–Crippen MR) is 167 cm³/mol. The number of fused-ring (bicyclic) bond motifs is 1. The fraction of sp³-hybridized carbons (Fsp3) is 0.469. The molecule has 3 aliphatic rings. The van der Waals surface area contributed by atoms with Crippen molar-refractivity contribution in [3.05, 3.63) is 76.4 Å². The van der Waals surface area contributed by atoms with Gasteiger partial charge >= 0.3 is 0 Å². The Labute approximate surface area is 249 Å². The number of amides is 1. The Kier molecular flexibility index (Phi) is 7.53. The number of halogens is 1. The highest BCUT2D eigenvalue weighted by Gasteiger charge is 2.46. The van der Waals surface area contributed by atoms with Crippen molar-refractivity contribution in [3.63, 3.8) is 0 Å². The second kappa shape index (κ2) is 11.0. The van der Waals surface area contributed by atoms with Crippen LogP contribution in [0.3, 0.4) is 0 Å². The van der Waals surface area contributed by atoms with Gasteiger partial charge in [-0.25, -0.2) is 0 Å². The van der Waals surface area contributed by atoms with Crippen LogP contribution in [0.1, 0.15) is 64.6 Å². The fourth-order valence-corrected chi connectivity index (χ4v) is 6.91.